The molecule has 1 N–H and O–H groups in total. The first-order valence-corrected chi connectivity index (χ1v) is 9.74. The predicted molar refractivity (Wildman–Crippen MR) is 95.4 cm³/mol. The maximum Gasteiger partial charge on any atom is 0.320 e. The third kappa shape index (κ3) is 4.09. The van der Waals surface area contributed by atoms with Gasteiger partial charge in [-0.2, -0.15) is 0 Å². The van der Waals surface area contributed by atoms with Crippen molar-refractivity contribution in [2.45, 2.75) is 37.8 Å². The second-order valence-corrected chi connectivity index (χ2v) is 7.76. The molecule has 3 saturated heterocycles. The van der Waals surface area contributed by atoms with Gasteiger partial charge in [-0.15, -0.1) is 0 Å². The average molecular weight is 394 g/mol. The van der Waals surface area contributed by atoms with E-state index < -0.39 is 11.6 Å². The topological polar surface area (TPSA) is 74.8 Å². The highest BCUT2D eigenvalue weighted by atomic mass is 19.1. The van der Waals surface area contributed by atoms with Gasteiger partial charge in [-0.3, -0.25) is 9.78 Å². The molecule has 28 heavy (non-hydrogen) atoms. The molecule has 0 aliphatic carbocycles. The quantitative estimate of drug-likeness (QED) is 0.821. The molecule has 0 spiro atoms. The standard InChI is InChI=1S/C19H24F2N4O3/c20-13-8-14(21)15(22-9-13)7-12-1-4-24(5-2-12)19(27)25-6-3-17-16(10-25)23-18(26)11-28-17/h8-9,12,16-17H,1-7,10-11H2,(H,23,26)/t16-,17+/m1/s1. The number of carbonyl (C=O) groups is 2. The number of ether oxygens (including phenoxy) is 1. The molecule has 1 aromatic heterocycles. The summed E-state index contributed by atoms with van der Waals surface area (Å²) in [6.07, 6.45) is 3.68. The van der Waals surface area contributed by atoms with Crippen molar-refractivity contribution < 1.29 is 23.1 Å². The number of morpholine rings is 1. The zero-order chi connectivity index (χ0) is 19.7. The number of hydrogen-bond acceptors (Lipinski definition) is 4. The summed E-state index contributed by atoms with van der Waals surface area (Å²) in [4.78, 5) is 31.8. The van der Waals surface area contributed by atoms with Crippen LogP contribution in [0.2, 0.25) is 0 Å². The Kier molecular flexibility index (Phi) is 5.43. The Hall–Kier alpha value is -2.29. The lowest BCUT2D eigenvalue weighted by molar-refractivity contribution is -0.139. The van der Waals surface area contributed by atoms with Crippen molar-refractivity contribution in [2.24, 2.45) is 5.92 Å². The number of pyridine rings is 1. The number of fused-ring (bicyclic) bond motifs is 1. The normalized spacial score (nSPS) is 26.0. The number of aromatic nitrogens is 1. The van der Waals surface area contributed by atoms with E-state index in [-0.39, 0.29) is 42.3 Å². The summed E-state index contributed by atoms with van der Waals surface area (Å²) in [5, 5.41) is 2.90. The fraction of sp³-hybridized carbons (Fsp3) is 0.632. The number of hydrogen-bond donors (Lipinski definition) is 1. The highest BCUT2D eigenvalue weighted by Crippen LogP contribution is 2.24. The maximum atomic E-state index is 13.8. The van der Waals surface area contributed by atoms with E-state index in [1.54, 1.807) is 4.90 Å². The number of nitrogens with one attached hydrogen (secondary N) is 1. The molecule has 3 fully saturated rings. The van der Waals surface area contributed by atoms with Gasteiger partial charge in [0.2, 0.25) is 5.91 Å². The van der Waals surface area contributed by atoms with Crippen molar-refractivity contribution in [3.63, 3.8) is 0 Å². The highest BCUT2D eigenvalue weighted by Gasteiger charge is 2.38. The Morgan fingerprint density at radius 1 is 1.21 bits per heavy atom. The molecule has 0 saturated carbocycles. The van der Waals surface area contributed by atoms with Crippen molar-refractivity contribution in [2.75, 3.05) is 32.8 Å². The summed E-state index contributed by atoms with van der Waals surface area (Å²) in [6, 6.07) is 0.685. The van der Waals surface area contributed by atoms with Crippen LogP contribution in [0.25, 0.3) is 0 Å². The maximum absolute atomic E-state index is 13.8. The molecule has 3 aliphatic heterocycles. The lowest BCUT2D eigenvalue weighted by Crippen LogP contribution is -2.62. The molecule has 0 unspecified atom stereocenters. The van der Waals surface area contributed by atoms with Gasteiger partial charge in [0.05, 0.1) is 24.0 Å². The summed E-state index contributed by atoms with van der Waals surface area (Å²) in [7, 11) is 0. The number of nitrogens with zero attached hydrogens (tertiary/aromatic N) is 3. The van der Waals surface area contributed by atoms with E-state index in [9.17, 15) is 18.4 Å². The fourth-order valence-corrected chi connectivity index (χ4v) is 4.27. The second kappa shape index (κ2) is 7.98. The van der Waals surface area contributed by atoms with E-state index in [0.717, 1.165) is 25.1 Å². The minimum Gasteiger partial charge on any atom is -0.366 e. The lowest BCUT2D eigenvalue weighted by atomic mass is 9.92. The molecular weight excluding hydrogens is 370 g/mol. The number of amides is 3. The third-order valence-electron chi connectivity index (χ3n) is 5.85. The van der Waals surface area contributed by atoms with Crippen LogP contribution in [0.4, 0.5) is 13.6 Å². The first-order chi connectivity index (χ1) is 13.5. The SMILES string of the molecule is O=C1CO[C@H]2CCN(C(=O)N3CCC(Cc4ncc(F)cc4F)CC3)C[C@H]2N1. The van der Waals surface area contributed by atoms with Crippen LogP contribution in [0.5, 0.6) is 0 Å². The molecule has 3 amide bonds. The minimum absolute atomic E-state index is 0.0226. The summed E-state index contributed by atoms with van der Waals surface area (Å²) in [5.41, 5.74) is 0.279. The van der Waals surface area contributed by atoms with Gasteiger partial charge in [-0.1, -0.05) is 0 Å². The van der Waals surface area contributed by atoms with E-state index in [4.69, 9.17) is 4.74 Å². The van der Waals surface area contributed by atoms with Crippen molar-refractivity contribution in [1.29, 1.82) is 0 Å². The number of likely N-dealkylation sites (tertiary alicyclic amines) is 2. The van der Waals surface area contributed by atoms with Gasteiger partial charge in [0.25, 0.3) is 0 Å². The Bertz CT molecular complexity index is 755. The van der Waals surface area contributed by atoms with Crippen LogP contribution in [0.15, 0.2) is 12.3 Å². The molecule has 3 aliphatic rings. The highest BCUT2D eigenvalue weighted by molar-refractivity contribution is 5.79. The molecule has 0 bridgehead atoms. The Morgan fingerprint density at radius 2 is 1.96 bits per heavy atom. The van der Waals surface area contributed by atoms with Crippen molar-refractivity contribution >= 4 is 11.9 Å². The van der Waals surface area contributed by atoms with Gasteiger partial charge in [-0.05, 0) is 31.6 Å². The van der Waals surface area contributed by atoms with Gasteiger partial charge >= 0.3 is 6.03 Å². The molecular formula is C19H24F2N4O3. The van der Waals surface area contributed by atoms with Crippen LogP contribution in [-0.2, 0) is 16.0 Å². The fourth-order valence-electron chi connectivity index (χ4n) is 4.27. The van der Waals surface area contributed by atoms with Crippen LogP contribution >= 0.6 is 0 Å². The van der Waals surface area contributed by atoms with E-state index in [1.807, 2.05) is 4.90 Å². The minimum atomic E-state index is -0.676. The molecule has 9 heteroatoms. The van der Waals surface area contributed by atoms with Crippen LogP contribution in [0.3, 0.4) is 0 Å². The summed E-state index contributed by atoms with van der Waals surface area (Å²) >= 11 is 0. The van der Waals surface area contributed by atoms with Crippen LogP contribution in [-0.4, -0.2) is 71.7 Å². The molecule has 152 valence electrons. The summed E-state index contributed by atoms with van der Waals surface area (Å²) < 4.78 is 32.3. The zero-order valence-corrected chi connectivity index (χ0v) is 15.6. The molecule has 0 radical (unpaired) electrons. The Balaban J connectivity index is 1.28. The molecule has 2 atom stereocenters. The van der Waals surface area contributed by atoms with Gasteiger partial charge < -0.3 is 19.9 Å². The molecule has 0 aromatic carbocycles. The number of piperidine rings is 2. The molecule has 4 rings (SSSR count). The number of halogens is 2. The van der Waals surface area contributed by atoms with E-state index in [2.05, 4.69) is 10.3 Å². The number of rotatable bonds is 2. The van der Waals surface area contributed by atoms with Crippen molar-refractivity contribution in [3.05, 3.63) is 29.6 Å². The van der Waals surface area contributed by atoms with E-state index in [0.29, 0.717) is 39.0 Å². The summed E-state index contributed by atoms with van der Waals surface area (Å²) in [5.74, 6) is -1.21. The van der Waals surface area contributed by atoms with Gasteiger partial charge in [-0.25, -0.2) is 13.6 Å². The average Bonchev–Trinajstić information content (AvgIpc) is 2.69. The monoisotopic (exact) mass is 394 g/mol. The summed E-state index contributed by atoms with van der Waals surface area (Å²) in [6.45, 7) is 2.35. The van der Waals surface area contributed by atoms with Crippen LogP contribution < -0.4 is 5.32 Å². The lowest BCUT2D eigenvalue weighted by Gasteiger charge is -2.43. The van der Waals surface area contributed by atoms with Gasteiger partial charge in [0.15, 0.2) is 0 Å². The second-order valence-electron chi connectivity index (χ2n) is 7.76. The first kappa shape index (κ1) is 19.0. The predicted octanol–water partition coefficient (Wildman–Crippen LogP) is 1.32. The molecule has 7 nitrogen and oxygen atoms in total. The third-order valence-corrected chi connectivity index (χ3v) is 5.85. The smallest absolute Gasteiger partial charge is 0.320 e. The Labute approximate surface area is 162 Å². The van der Waals surface area contributed by atoms with Crippen LogP contribution in [0, 0.1) is 17.6 Å². The van der Waals surface area contributed by atoms with E-state index in [1.165, 1.54) is 0 Å². The van der Waals surface area contributed by atoms with Gasteiger partial charge in [0.1, 0.15) is 18.2 Å². The molecule has 1 aromatic rings. The van der Waals surface area contributed by atoms with Gasteiger partial charge in [0, 0.05) is 32.2 Å². The largest absolute Gasteiger partial charge is 0.366 e. The van der Waals surface area contributed by atoms with Crippen molar-refractivity contribution in [1.82, 2.24) is 20.1 Å². The van der Waals surface area contributed by atoms with E-state index >= 15 is 0 Å². The zero-order valence-electron chi connectivity index (χ0n) is 15.6. The molecule has 4 heterocycles. The number of carbonyl (C=O) groups excluding carboxylic acids is 2. The first-order valence-electron chi connectivity index (χ1n) is 9.74. The number of urea groups is 1. The van der Waals surface area contributed by atoms with Crippen LogP contribution in [0.1, 0.15) is 25.0 Å². The Morgan fingerprint density at radius 3 is 2.71 bits per heavy atom. The van der Waals surface area contributed by atoms with Crippen molar-refractivity contribution in [3.8, 4) is 0 Å².